The van der Waals surface area contributed by atoms with E-state index in [1.807, 2.05) is 13.8 Å². The molecule has 2 unspecified atom stereocenters. The molecule has 0 rings (SSSR count). The lowest BCUT2D eigenvalue weighted by molar-refractivity contribution is -0.172. The Morgan fingerprint density at radius 2 is 1.84 bits per heavy atom. The minimum Gasteiger partial charge on any atom is -0.444 e. The largest absolute Gasteiger partial charge is 0.444 e. The summed E-state index contributed by atoms with van der Waals surface area (Å²) in [6, 6.07) is -0.662. The molecule has 0 aromatic carbocycles. The summed E-state index contributed by atoms with van der Waals surface area (Å²) in [6.07, 6.45) is 0.152. The number of nitrogens with one attached hydrogen (secondary N) is 1. The zero-order valence-electron chi connectivity index (χ0n) is 12.9. The molecular formula is C13H26N2O4. The first-order valence-electron chi connectivity index (χ1n) is 6.43. The van der Waals surface area contributed by atoms with Crippen molar-refractivity contribution in [3.05, 3.63) is 0 Å². The van der Waals surface area contributed by atoms with Gasteiger partial charge in [0.05, 0.1) is 7.11 Å². The molecule has 19 heavy (non-hydrogen) atoms. The maximum absolute atomic E-state index is 12.1. The zero-order valence-corrected chi connectivity index (χ0v) is 12.9. The fraction of sp³-hybridized carbons (Fsp3) is 0.846. The summed E-state index contributed by atoms with van der Waals surface area (Å²) in [5.41, 5.74) is -0.597. The Hall–Kier alpha value is -1.30. The molecule has 0 aromatic rings. The minimum atomic E-state index is -0.662. The highest BCUT2D eigenvalue weighted by Crippen LogP contribution is 2.12. The number of nitrogens with zero attached hydrogens (tertiary/aromatic N) is 1. The van der Waals surface area contributed by atoms with E-state index in [1.54, 1.807) is 20.8 Å². The number of amides is 2. The van der Waals surface area contributed by atoms with Gasteiger partial charge in [-0.3, -0.25) is 9.63 Å². The van der Waals surface area contributed by atoms with Crippen molar-refractivity contribution in [1.29, 1.82) is 0 Å². The smallest absolute Gasteiger partial charge is 0.408 e. The van der Waals surface area contributed by atoms with Crippen molar-refractivity contribution in [2.45, 2.75) is 52.7 Å². The van der Waals surface area contributed by atoms with Gasteiger partial charge < -0.3 is 10.1 Å². The summed E-state index contributed by atoms with van der Waals surface area (Å²) in [5, 5.41) is 3.71. The van der Waals surface area contributed by atoms with Gasteiger partial charge >= 0.3 is 6.09 Å². The van der Waals surface area contributed by atoms with Crippen LogP contribution >= 0.6 is 0 Å². The van der Waals surface area contributed by atoms with Gasteiger partial charge in [0, 0.05) is 7.05 Å². The van der Waals surface area contributed by atoms with E-state index in [9.17, 15) is 9.59 Å². The second kappa shape index (κ2) is 7.33. The van der Waals surface area contributed by atoms with Crippen LogP contribution in [0, 0.1) is 5.92 Å². The highest BCUT2D eigenvalue weighted by Gasteiger charge is 2.30. The number of hydrogen-bond acceptors (Lipinski definition) is 4. The van der Waals surface area contributed by atoms with E-state index in [4.69, 9.17) is 9.57 Å². The van der Waals surface area contributed by atoms with E-state index in [1.165, 1.54) is 14.2 Å². The molecule has 0 aromatic heterocycles. The fourth-order valence-corrected chi connectivity index (χ4v) is 1.40. The Labute approximate surface area is 115 Å². The normalized spacial score (nSPS) is 14.5. The van der Waals surface area contributed by atoms with Crippen LogP contribution in [0.25, 0.3) is 0 Å². The van der Waals surface area contributed by atoms with E-state index in [0.29, 0.717) is 0 Å². The van der Waals surface area contributed by atoms with Crippen molar-refractivity contribution in [3.8, 4) is 0 Å². The molecule has 6 heteroatoms. The van der Waals surface area contributed by atoms with Crippen LogP contribution in [0.1, 0.15) is 41.0 Å². The van der Waals surface area contributed by atoms with Gasteiger partial charge in [-0.1, -0.05) is 20.3 Å². The third-order valence-electron chi connectivity index (χ3n) is 2.74. The van der Waals surface area contributed by atoms with E-state index in [0.717, 1.165) is 11.5 Å². The number of hydrogen-bond donors (Lipinski definition) is 1. The molecule has 0 saturated carbocycles. The van der Waals surface area contributed by atoms with Gasteiger partial charge in [-0.25, -0.2) is 9.86 Å². The van der Waals surface area contributed by atoms with Crippen LogP contribution in [0.5, 0.6) is 0 Å². The summed E-state index contributed by atoms with van der Waals surface area (Å²) in [5.74, 6) is -0.319. The molecule has 2 amide bonds. The molecule has 0 bridgehead atoms. The van der Waals surface area contributed by atoms with Crippen molar-refractivity contribution in [2.75, 3.05) is 14.2 Å². The Morgan fingerprint density at radius 1 is 1.32 bits per heavy atom. The molecule has 0 aliphatic heterocycles. The van der Waals surface area contributed by atoms with Crippen LogP contribution in [0.4, 0.5) is 4.79 Å². The SMILES string of the molecule is CCC(C)C(NC(=O)OC(C)(C)C)C(=O)N(C)OC. The van der Waals surface area contributed by atoms with Crippen molar-refractivity contribution < 1.29 is 19.2 Å². The maximum atomic E-state index is 12.1. The second-order valence-electron chi connectivity index (χ2n) is 5.53. The summed E-state index contributed by atoms with van der Waals surface area (Å²) < 4.78 is 5.16. The predicted molar refractivity (Wildman–Crippen MR) is 72.4 cm³/mol. The maximum Gasteiger partial charge on any atom is 0.408 e. The van der Waals surface area contributed by atoms with Crippen LogP contribution in [-0.2, 0) is 14.4 Å². The van der Waals surface area contributed by atoms with Crippen molar-refractivity contribution in [2.24, 2.45) is 5.92 Å². The van der Waals surface area contributed by atoms with E-state index in [2.05, 4.69) is 5.32 Å². The lowest BCUT2D eigenvalue weighted by Gasteiger charge is -2.28. The minimum absolute atomic E-state index is 0.0161. The Bertz CT molecular complexity index is 312. The van der Waals surface area contributed by atoms with Gasteiger partial charge in [0.25, 0.3) is 5.91 Å². The standard InChI is InChI=1S/C13H26N2O4/c1-8-9(2)10(11(16)15(6)18-7)14-12(17)19-13(3,4)5/h9-10H,8H2,1-7H3,(H,14,17). The second-order valence-corrected chi connectivity index (χ2v) is 5.53. The van der Waals surface area contributed by atoms with E-state index in [-0.39, 0.29) is 11.8 Å². The molecule has 6 nitrogen and oxygen atoms in total. The van der Waals surface area contributed by atoms with Crippen molar-refractivity contribution in [3.63, 3.8) is 0 Å². The Balaban J connectivity index is 4.79. The number of likely N-dealkylation sites (N-methyl/N-ethyl adjacent to an activating group) is 1. The molecule has 0 fully saturated rings. The number of hydroxylamine groups is 2. The topological polar surface area (TPSA) is 67.9 Å². The van der Waals surface area contributed by atoms with Crippen molar-refractivity contribution in [1.82, 2.24) is 10.4 Å². The average molecular weight is 274 g/mol. The third-order valence-corrected chi connectivity index (χ3v) is 2.74. The first-order chi connectivity index (χ1) is 8.62. The molecular weight excluding hydrogens is 248 g/mol. The molecule has 0 spiro atoms. The first-order valence-corrected chi connectivity index (χ1v) is 6.43. The Kier molecular flexibility index (Phi) is 6.83. The summed E-state index contributed by atoms with van der Waals surface area (Å²) in [7, 11) is 2.91. The summed E-state index contributed by atoms with van der Waals surface area (Å²) >= 11 is 0. The lowest BCUT2D eigenvalue weighted by atomic mass is 9.98. The Morgan fingerprint density at radius 3 is 2.21 bits per heavy atom. The number of ether oxygens (including phenoxy) is 1. The van der Waals surface area contributed by atoms with Crippen LogP contribution in [0.15, 0.2) is 0 Å². The predicted octanol–water partition coefficient (Wildman–Crippen LogP) is 1.95. The monoisotopic (exact) mass is 274 g/mol. The summed E-state index contributed by atoms with van der Waals surface area (Å²) in [6.45, 7) is 9.16. The third kappa shape index (κ3) is 6.42. The van der Waals surface area contributed by atoms with E-state index >= 15 is 0 Å². The van der Waals surface area contributed by atoms with Gasteiger partial charge in [0.15, 0.2) is 0 Å². The van der Waals surface area contributed by atoms with Crippen molar-refractivity contribution >= 4 is 12.0 Å². The molecule has 0 radical (unpaired) electrons. The van der Waals surface area contributed by atoms with E-state index < -0.39 is 17.7 Å². The number of rotatable bonds is 5. The fourth-order valence-electron chi connectivity index (χ4n) is 1.40. The van der Waals surface area contributed by atoms with Crippen LogP contribution in [0.3, 0.4) is 0 Å². The van der Waals surface area contributed by atoms with Gasteiger partial charge in [-0.15, -0.1) is 0 Å². The summed E-state index contributed by atoms with van der Waals surface area (Å²) in [4.78, 5) is 28.7. The molecule has 0 saturated heterocycles. The van der Waals surface area contributed by atoms with Crippen LogP contribution in [0.2, 0.25) is 0 Å². The molecule has 0 aliphatic rings. The number of alkyl carbamates (subject to hydrolysis) is 1. The van der Waals surface area contributed by atoms with Crippen LogP contribution < -0.4 is 5.32 Å². The van der Waals surface area contributed by atoms with Crippen LogP contribution in [-0.4, -0.2) is 42.9 Å². The molecule has 0 heterocycles. The van der Waals surface area contributed by atoms with Gasteiger partial charge in [0.1, 0.15) is 11.6 Å². The highest BCUT2D eigenvalue weighted by atomic mass is 16.7. The molecule has 112 valence electrons. The van der Waals surface area contributed by atoms with Gasteiger partial charge in [0.2, 0.25) is 0 Å². The van der Waals surface area contributed by atoms with Gasteiger partial charge in [-0.05, 0) is 26.7 Å². The average Bonchev–Trinajstić information content (AvgIpc) is 2.30. The highest BCUT2D eigenvalue weighted by molar-refractivity contribution is 5.85. The molecule has 0 aliphatic carbocycles. The molecule has 1 N–H and O–H groups in total. The lowest BCUT2D eigenvalue weighted by Crippen LogP contribution is -2.51. The quantitative estimate of drug-likeness (QED) is 0.778. The molecule has 2 atom stereocenters. The number of carbonyl (C=O) groups excluding carboxylic acids is 2. The zero-order chi connectivity index (χ0) is 15.2. The number of carbonyl (C=O) groups is 2. The first kappa shape index (κ1) is 17.7. The van der Waals surface area contributed by atoms with Gasteiger partial charge in [-0.2, -0.15) is 0 Å².